The third kappa shape index (κ3) is 2.43. The van der Waals surface area contributed by atoms with Crippen LogP contribution in [-0.2, 0) is 16.6 Å². The van der Waals surface area contributed by atoms with Crippen molar-refractivity contribution in [2.45, 2.75) is 18.8 Å². The number of carbonyl (C=O) groups is 1. The van der Waals surface area contributed by atoms with E-state index in [4.69, 9.17) is 0 Å². The summed E-state index contributed by atoms with van der Waals surface area (Å²) in [6.07, 6.45) is 0.408. The van der Waals surface area contributed by atoms with E-state index in [2.05, 4.69) is 0 Å². The lowest BCUT2D eigenvalue weighted by Crippen LogP contribution is -2.34. The van der Waals surface area contributed by atoms with Gasteiger partial charge in [0.15, 0.2) is 0 Å². The monoisotopic (exact) mass is 264 g/mol. The van der Waals surface area contributed by atoms with Gasteiger partial charge in [-0.1, -0.05) is 18.2 Å². The van der Waals surface area contributed by atoms with Crippen molar-refractivity contribution in [3.63, 3.8) is 0 Å². The Balaban J connectivity index is 2.37. The minimum atomic E-state index is -1.03. The van der Waals surface area contributed by atoms with E-state index in [1.807, 2.05) is 17.5 Å². The van der Waals surface area contributed by atoms with Gasteiger partial charge in [-0.05, 0) is 36.1 Å². The minimum absolute atomic E-state index is 0.359. The van der Waals surface area contributed by atoms with E-state index >= 15 is 0 Å². The first-order valence-electron chi connectivity index (χ1n) is 5.54. The third-order valence-electron chi connectivity index (χ3n) is 3.06. The van der Waals surface area contributed by atoms with Gasteiger partial charge in [0.2, 0.25) is 0 Å². The predicted octanol–water partition coefficient (Wildman–Crippen LogP) is 3.47. The van der Waals surface area contributed by atoms with Gasteiger partial charge in [0.1, 0.15) is 5.82 Å². The van der Waals surface area contributed by atoms with Gasteiger partial charge in [-0.2, -0.15) is 0 Å². The number of rotatable bonds is 4. The van der Waals surface area contributed by atoms with Gasteiger partial charge in [0, 0.05) is 11.3 Å². The van der Waals surface area contributed by atoms with Crippen LogP contribution in [0.25, 0.3) is 0 Å². The maximum atomic E-state index is 12.9. The highest BCUT2D eigenvalue weighted by atomic mass is 32.1. The van der Waals surface area contributed by atoms with Crippen molar-refractivity contribution in [3.8, 4) is 0 Å². The molecule has 0 saturated carbocycles. The highest BCUT2D eigenvalue weighted by molar-refractivity contribution is 7.09. The average Bonchev–Trinajstić information content (AvgIpc) is 2.82. The maximum absolute atomic E-state index is 12.9. The second-order valence-corrected chi connectivity index (χ2v) is 5.43. The molecule has 94 valence electrons. The number of thiophene rings is 1. The first-order chi connectivity index (χ1) is 8.52. The summed E-state index contributed by atoms with van der Waals surface area (Å²) in [5.74, 6) is -1.26. The maximum Gasteiger partial charge on any atom is 0.314 e. The summed E-state index contributed by atoms with van der Waals surface area (Å²) in [7, 11) is 0. The zero-order valence-corrected chi connectivity index (χ0v) is 10.7. The third-order valence-corrected chi connectivity index (χ3v) is 3.94. The molecule has 1 N–H and O–H groups in total. The zero-order valence-electron chi connectivity index (χ0n) is 9.89. The zero-order chi connectivity index (χ0) is 13.2. The van der Waals surface area contributed by atoms with Crippen molar-refractivity contribution in [1.82, 2.24) is 0 Å². The molecule has 1 aromatic carbocycles. The van der Waals surface area contributed by atoms with Gasteiger partial charge in [-0.3, -0.25) is 4.79 Å². The van der Waals surface area contributed by atoms with Crippen LogP contribution in [0, 0.1) is 5.82 Å². The molecule has 1 atom stereocenters. The van der Waals surface area contributed by atoms with Crippen molar-refractivity contribution in [2.75, 3.05) is 0 Å². The van der Waals surface area contributed by atoms with E-state index in [1.54, 1.807) is 6.92 Å². The smallest absolute Gasteiger partial charge is 0.314 e. The van der Waals surface area contributed by atoms with Gasteiger partial charge < -0.3 is 5.11 Å². The lowest BCUT2D eigenvalue weighted by molar-refractivity contribution is -0.143. The quantitative estimate of drug-likeness (QED) is 0.918. The molecule has 0 radical (unpaired) electrons. The molecule has 2 aromatic rings. The van der Waals surface area contributed by atoms with Crippen LogP contribution in [0.1, 0.15) is 17.4 Å². The van der Waals surface area contributed by atoms with Crippen LogP contribution < -0.4 is 0 Å². The number of carboxylic acid groups (broad SMARTS) is 1. The van der Waals surface area contributed by atoms with E-state index in [0.29, 0.717) is 12.0 Å². The van der Waals surface area contributed by atoms with E-state index in [9.17, 15) is 14.3 Å². The molecule has 4 heteroatoms. The number of hydrogen-bond acceptors (Lipinski definition) is 2. The SMILES string of the molecule is CC(Cc1cccs1)(C(=O)O)c1ccc(F)cc1. The lowest BCUT2D eigenvalue weighted by atomic mass is 9.79. The molecule has 2 nitrogen and oxygen atoms in total. The molecule has 1 unspecified atom stereocenters. The van der Waals surface area contributed by atoms with Crippen LogP contribution in [0.5, 0.6) is 0 Å². The Morgan fingerprint density at radius 1 is 1.33 bits per heavy atom. The van der Waals surface area contributed by atoms with Crippen LogP contribution in [0.3, 0.4) is 0 Å². The fourth-order valence-corrected chi connectivity index (χ4v) is 2.74. The van der Waals surface area contributed by atoms with Gasteiger partial charge >= 0.3 is 5.97 Å². The van der Waals surface area contributed by atoms with Gasteiger partial charge in [-0.15, -0.1) is 11.3 Å². The normalized spacial score (nSPS) is 14.1. The highest BCUT2D eigenvalue weighted by Gasteiger charge is 2.35. The second kappa shape index (κ2) is 4.90. The van der Waals surface area contributed by atoms with Crippen molar-refractivity contribution in [2.24, 2.45) is 0 Å². The summed E-state index contributed by atoms with van der Waals surface area (Å²) in [6, 6.07) is 9.48. The molecule has 0 spiro atoms. The van der Waals surface area contributed by atoms with Crippen molar-refractivity contribution >= 4 is 17.3 Å². The van der Waals surface area contributed by atoms with E-state index in [-0.39, 0.29) is 5.82 Å². The van der Waals surface area contributed by atoms with Crippen LogP contribution in [0.15, 0.2) is 41.8 Å². The van der Waals surface area contributed by atoms with Crippen molar-refractivity contribution in [1.29, 1.82) is 0 Å². The molecular formula is C14H13FO2S. The Labute approximate surface area is 109 Å². The Bertz CT molecular complexity index is 533. The molecular weight excluding hydrogens is 251 g/mol. The summed E-state index contributed by atoms with van der Waals surface area (Å²) in [4.78, 5) is 12.5. The van der Waals surface area contributed by atoms with E-state index in [0.717, 1.165) is 4.88 Å². The molecule has 0 fully saturated rings. The average molecular weight is 264 g/mol. The summed E-state index contributed by atoms with van der Waals surface area (Å²) in [5, 5.41) is 11.4. The van der Waals surface area contributed by atoms with E-state index in [1.165, 1.54) is 35.6 Å². The fraction of sp³-hybridized carbons (Fsp3) is 0.214. The van der Waals surface area contributed by atoms with Crippen LogP contribution in [-0.4, -0.2) is 11.1 Å². The molecule has 0 saturated heterocycles. The number of benzene rings is 1. The molecule has 0 bridgehead atoms. The van der Waals surface area contributed by atoms with Crippen LogP contribution >= 0.6 is 11.3 Å². The number of hydrogen-bond donors (Lipinski definition) is 1. The van der Waals surface area contributed by atoms with Crippen LogP contribution in [0.2, 0.25) is 0 Å². The standard InChI is InChI=1S/C14H13FO2S/c1-14(13(16)17,9-12-3-2-8-18-12)10-4-6-11(15)7-5-10/h2-8H,9H2,1H3,(H,16,17). The molecule has 18 heavy (non-hydrogen) atoms. The Kier molecular flexibility index (Phi) is 3.48. The largest absolute Gasteiger partial charge is 0.481 e. The Morgan fingerprint density at radius 2 is 2.00 bits per heavy atom. The Hall–Kier alpha value is -1.68. The minimum Gasteiger partial charge on any atom is -0.481 e. The molecule has 2 rings (SSSR count). The number of halogens is 1. The van der Waals surface area contributed by atoms with Crippen LogP contribution in [0.4, 0.5) is 4.39 Å². The second-order valence-electron chi connectivity index (χ2n) is 4.40. The van der Waals surface area contributed by atoms with Crippen molar-refractivity contribution < 1.29 is 14.3 Å². The summed E-state index contributed by atoms with van der Waals surface area (Å²) in [5.41, 5.74) is -0.414. The molecule has 1 heterocycles. The summed E-state index contributed by atoms with van der Waals surface area (Å²) in [6.45, 7) is 1.67. The topological polar surface area (TPSA) is 37.3 Å². The van der Waals surface area contributed by atoms with E-state index < -0.39 is 11.4 Å². The predicted molar refractivity (Wildman–Crippen MR) is 69.4 cm³/mol. The molecule has 1 aromatic heterocycles. The van der Waals surface area contributed by atoms with Gasteiger partial charge in [0.25, 0.3) is 0 Å². The first kappa shape index (κ1) is 12.8. The lowest BCUT2D eigenvalue weighted by Gasteiger charge is -2.24. The van der Waals surface area contributed by atoms with Gasteiger partial charge in [0.05, 0.1) is 5.41 Å². The number of aliphatic carboxylic acids is 1. The van der Waals surface area contributed by atoms with Gasteiger partial charge in [-0.25, -0.2) is 4.39 Å². The molecule has 0 aliphatic rings. The highest BCUT2D eigenvalue weighted by Crippen LogP contribution is 2.30. The molecule has 0 aliphatic carbocycles. The fourth-order valence-electron chi connectivity index (χ4n) is 1.88. The Morgan fingerprint density at radius 3 is 2.50 bits per heavy atom. The summed E-state index contributed by atoms with van der Waals surface area (Å²) >= 11 is 1.53. The number of carboxylic acids is 1. The molecule has 0 amide bonds. The first-order valence-corrected chi connectivity index (χ1v) is 6.42. The molecule has 0 aliphatic heterocycles. The summed E-state index contributed by atoms with van der Waals surface area (Å²) < 4.78 is 12.9. The van der Waals surface area contributed by atoms with Crippen molar-refractivity contribution in [3.05, 3.63) is 58.0 Å².